The van der Waals surface area contributed by atoms with Crippen LogP contribution in [0.25, 0.3) is 0 Å². The summed E-state index contributed by atoms with van der Waals surface area (Å²) in [6.45, 7) is 0.301. The first kappa shape index (κ1) is 15.4. The second kappa shape index (κ2) is 6.63. The largest absolute Gasteiger partial charge is 0.384 e. The first-order valence-corrected chi connectivity index (χ1v) is 6.37. The molecule has 22 heavy (non-hydrogen) atoms. The summed E-state index contributed by atoms with van der Waals surface area (Å²) in [5.74, 6) is -1.28. The summed E-state index contributed by atoms with van der Waals surface area (Å²) in [5, 5.41) is 22.6. The third-order valence-electron chi connectivity index (χ3n) is 3.06. The quantitative estimate of drug-likeness (QED) is 0.678. The third-order valence-corrected chi connectivity index (χ3v) is 3.06. The molecule has 0 aliphatic carbocycles. The van der Waals surface area contributed by atoms with Crippen LogP contribution in [0.3, 0.4) is 0 Å². The highest BCUT2D eigenvalue weighted by atomic mass is 19.1. The van der Waals surface area contributed by atoms with E-state index < -0.39 is 16.6 Å². The van der Waals surface area contributed by atoms with Crippen LogP contribution in [0.15, 0.2) is 36.4 Å². The number of nitro groups is 1. The Morgan fingerprint density at radius 1 is 1.23 bits per heavy atom. The van der Waals surface area contributed by atoms with Gasteiger partial charge >= 0.3 is 0 Å². The highest BCUT2D eigenvalue weighted by molar-refractivity contribution is 5.61. The van der Waals surface area contributed by atoms with Crippen molar-refractivity contribution in [1.29, 1.82) is 5.26 Å². The molecule has 0 aliphatic heterocycles. The topological polar surface area (TPSA) is 79.0 Å². The van der Waals surface area contributed by atoms with Crippen LogP contribution in [0.5, 0.6) is 0 Å². The zero-order valence-electron chi connectivity index (χ0n) is 11.3. The number of non-ortho nitro benzene ring substituents is 1. The minimum Gasteiger partial charge on any atom is -0.384 e. The van der Waals surface area contributed by atoms with Gasteiger partial charge in [0.15, 0.2) is 0 Å². The second-order valence-electron chi connectivity index (χ2n) is 4.51. The predicted octanol–water partition coefficient (Wildman–Crippen LogP) is 3.40. The summed E-state index contributed by atoms with van der Waals surface area (Å²) < 4.78 is 26.3. The van der Waals surface area contributed by atoms with E-state index in [-0.39, 0.29) is 17.7 Å². The third kappa shape index (κ3) is 3.55. The molecule has 0 bridgehead atoms. The second-order valence-corrected chi connectivity index (χ2v) is 4.51. The average molecular weight is 303 g/mol. The standard InChI is InChI=1S/C15H11F2N3O2/c16-12-2-1-10(14(17)8-12)5-6-19-15-4-3-13(20(21)22)7-11(15)9-18/h1-4,7-8,19H,5-6H2. The number of halogens is 2. The van der Waals surface area contributed by atoms with Crippen LogP contribution < -0.4 is 5.32 Å². The number of rotatable bonds is 5. The summed E-state index contributed by atoms with van der Waals surface area (Å²) in [4.78, 5) is 10.1. The van der Waals surface area contributed by atoms with Crippen molar-refractivity contribution in [1.82, 2.24) is 0 Å². The van der Waals surface area contributed by atoms with Crippen LogP contribution in [-0.4, -0.2) is 11.5 Å². The molecule has 0 amide bonds. The molecule has 0 spiro atoms. The van der Waals surface area contributed by atoms with E-state index in [0.717, 1.165) is 6.07 Å². The molecule has 0 unspecified atom stereocenters. The fraction of sp³-hybridized carbons (Fsp3) is 0.133. The highest BCUT2D eigenvalue weighted by Gasteiger charge is 2.10. The SMILES string of the molecule is N#Cc1cc([N+](=O)[O-])ccc1NCCc1ccc(F)cc1F. The summed E-state index contributed by atoms with van der Waals surface area (Å²) >= 11 is 0. The van der Waals surface area contributed by atoms with Crippen LogP contribution in [-0.2, 0) is 6.42 Å². The molecule has 2 aromatic rings. The van der Waals surface area contributed by atoms with Crippen molar-refractivity contribution in [3.8, 4) is 6.07 Å². The first-order valence-electron chi connectivity index (χ1n) is 6.37. The van der Waals surface area contributed by atoms with Gasteiger partial charge in [-0.25, -0.2) is 8.78 Å². The molecular formula is C15H11F2N3O2. The van der Waals surface area contributed by atoms with Crippen molar-refractivity contribution in [2.24, 2.45) is 0 Å². The number of nitro benzene ring substituents is 1. The Morgan fingerprint density at radius 3 is 2.64 bits per heavy atom. The monoisotopic (exact) mass is 303 g/mol. The van der Waals surface area contributed by atoms with Crippen molar-refractivity contribution in [2.75, 3.05) is 11.9 Å². The molecule has 0 saturated carbocycles. The molecular weight excluding hydrogens is 292 g/mol. The number of benzene rings is 2. The van der Waals surface area contributed by atoms with Gasteiger partial charge in [-0.15, -0.1) is 0 Å². The summed E-state index contributed by atoms with van der Waals surface area (Å²) in [6.07, 6.45) is 0.286. The molecule has 2 aromatic carbocycles. The molecule has 5 nitrogen and oxygen atoms in total. The Kier molecular flexibility index (Phi) is 4.63. The van der Waals surface area contributed by atoms with Gasteiger partial charge in [0, 0.05) is 24.7 Å². The first-order chi connectivity index (χ1) is 10.5. The maximum atomic E-state index is 13.5. The van der Waals surface area contributed by atoms with Gasteiger partial charge in [-0.05, 0) is 24.1 Å². The Hall–Kier alpha value is -3.01. The normalized spacial score (nSPS) is 10.0. The molecule has 1 N–H and O–H groups in total. The number of anilines is 1. The molecule has 0 aliphatic rings. The van der Waals surface area contributed by atoms with Crippen LogP contribution in [0.4, 0.5) is 20.2 Å². The summed E-state index contributed by atoms with van der Waals surface area (Å²) in [7, 11) is 0. The minimum absolute atomic E-state index is 0.133. The van der Waals surface area contributed by atoms with E-state index in [9.17, 15) is 18.9 Å². The van der Waals surface area contributed by atoms with Crippen molar-refractivity contribution in [3.63, 3.8) is 0 Å². The van der Waals surface area contributed by atoms with E-state index in [1.54, 1.807) is 0 Å². The van der Waals surface area contributed by atoms with Gasteiger partial charge in [-0.1, -0.05) is 6.07 Å². The van der Waals surface area contributed by atoms with Gasteiger partial charge in [-0.3, -0.25) is 10.1 Å². The summed E-state index contributed by atoms with van der Waals surface area (Å²) in [6, 6.07) is 9.08. The predicted molar refractivity (Wildman–Crippen MR) is 76.4 cm³/mol. The highest BCUT2D eigenvalue weighted by Crippen LogP contribution is 2.21. The molecule has 0 saturated heterocycles. The zero-order chi connectivity index (χ0) is 16.1. The zero-order valence-corrected chi connectivity index (χ0v) is 11.3. The molecule has 7 heteroatoms. The summed E-state index contributed by atoms with van der Waals surface area (Å²) in [5.41, 5.74) is 0.727. The molecule has 0 aromatic heterocycles. The van der Waals surface area contributed by atoms with Crippen molar-refractivity contribution < 1.29 is 13.7 Å². The lowest BCUT2D eigenvalue weighted by molar-refractivity contribution is -0.384. The lowest BCUT2D eigenvalue weighted by atomic mass is 10.1. The van der Waals surface area contributed by atoms with Gasteiger partial charge in [0.2, 0.25) is 0 Å². The van der Waals surface area contributed by atoms with Gasteiger partial charge in [0.1, 0.15) is 17.7 Å². The molecule has 0 fully saturated rings. The molecule has 2 rings (SSSR count). The van der Waals surface area contributed by atoms with E-state index in [1.807, 2.05) is 6.07 Å². The Bertz CT molecular complexity index is 757. The fourth-order valence-electron chi connectivity index (χ4n) is 1.95. The van der Waals surface area contributed by atoms with Crippen molar-refractivity contribution >= 4 is 11.4 Å². The lowest BCUT2D eigenvalue weighted by Crippen LogP contribution is -2.07. The smallest absolute Gasteiger partial charge is 0.270 e. The van der Waals surface area contributed by atoms with E-state index >= 15 is 0 Å². The number of hydrogen-bond acceptors (Lipinski definition) is 4. The van der Waals surface area contributed by atoms with Crippen molar-refractivity contribution in [3.05, 3.63) is 69.3 Å². The molecule has 0 atom stereocenters. The van der Waals surface area contributed by atoms with Crippen LogP contribution in [0.1, 0.15) is 11.1 Å². The van der Waals surface area contributed by atoms with E-state index in [4.69, 9.17) is 5.26 Å². The number of nitrogens with zero attached hydrogens (tertiary/aromatic N) is 2. The number of hydrogen-bond donors (Lipinski definition) is 1. The lowest BCUT2D eigenvalue weighted by Gasteiger charge is -2.08. The van der Waals surface area contributed by atoms with E-state index in [2.05, 4.69) is 5.32 Å². The van der Waals surface area contributed by atoms with Gasteiger partial charge in [-0.2, -0.15) is 5.26 Å². The fourth-order valence-corrected chi connectivity index (χ4v) is 1.95. The van der Waals surface area contributed by atoms with E-state index in [0.29, 0.717) is 17.8 Å². The Balaban J connectivity index is 2.05. The van der Waals surface area contributed by atoms with Crippen LogP contribution >= 0.6 is 0 Å². The minimum atomic E-state index is -0.642. The van der Waals surface area contributed by atoms with Crippen molar-refractivity contribution in [2.45, 2.75) is 6.42 Å². The Morgan fingerprint density at radius 2 is 2.00 bits per heavy atom. The maximum Gasteiger partial charge on any atom is 0.270 e. The van der Waals surface area contributed by atoms with Gasteiger partial charge < -0.3 is 5.32 Å². The number of nitrogens with one attached hydrogen (secondary N) is 1. The Labute approximate surface area is 125 Å². The molecule has 112 valence electrons. The van der Waals surface area contributed by atoms with Gasteiger partial charge in [0.05, 0.1) is 16.2 Å². The van der Waals surface area contributed by atoms with E-state index in [1.165, 1.54) is 30.3 Å². The molecule has 0 heterocycles. The van der Waals surface area contributed by atoms with Crippen LogP contribution in [0.2, 0.25) is 0 Å². The maximum absolute atomic E-state index is 13.5. The van der Waals surface area contributed by atoms with Crippen LogP contribution in [0, 0.1) is 33.1 Å². The van der Waals surface area contributed by atoms with Gasteiger partial charge in [0.25, 0.3) is 5.69 Å². The molecule has 0 radical (unpaired) electrons. The average Bonchev–Trinajstić information content (AvgIpc) is 2.49. The number of nitriles is 1.